The van der Waals surface area contributed by atoms with Gasteiger partial charge >= 0.3 is 5.97 Å². The molecule has 0 fully saturated rings. The summed E-state index contributed by atoms with van der Waals surface area (Å²) in [6.45, 7) is 2.86. The summed E-state index contributed by atoms with van der Waals surface area (Å²) in [5.41, 5.74) is 0.838. The number of benzene rings is 1. The zero-order valence-corrected chi connectivity index (χ0v) is 11.0. The van der Waals surface area contributed by atoms with Gasteiger partial charge in [0.2, 0.25) is 0 Å². The Morgan fingerprint density at radius 3 is 2.50 bits per heavy atom. The maximum absolute atomic E-state index is 10.4. The second-order valence-electron chi connectivity index (χ2n) is 4.43. The lowest BCUT2D eigenvalue weighted by Crippen LogP contribution is -2.27. The Hall–Kier alpha value is -1.81. The van der Waals surface area contributed by atoms with Crippen molar-refractivity contribution in [3.05, 3.63) is 35.9 Å². The first-order valence-electron chi connectivity index (χ1n) is 5.80. The van der Waals surface area contributed by atoms with Crippen molar-refractivity contribution in [1.82, 2.24) is 4.90 Å². The fraction of sp³-hybridized carbons (Fsp3) is 0.357. The van der Waals surface area contributed by atoms with Crippen molar-refractivity contribution < 1.29 is 14.6 Å². The average molecular weight is 249 g/mol. The molecule has 0 aliphatic heterocycles. The fourth-order valence-electron chi connectivity index (χ4n) is 1.61. The van der Waals surface area contributed by atoms with Crippen LogP contribution in [0.5, 0.6) is 5.75 Å². The molecule has 1 N–H and O–H groups in total. The molecular weight excluding hydrogens is 230 g/mol. The number of carboxylic acid groups (broad SMARTS) is 1. The molecule has 0 saturated carbocycles. The second-order valence-corrected chi connectivity index (χ2v) is 4.43. The highest BCUT2D eigenvalue weighted by molar-refractivity contribution is 5.85. The minimum Gasteiger partial charge on any atom is -0.489 e. The van der Waals surface area contributed by atoms with Crippen LogP contribution in [-0.2, 0) is 4.79 Å². The van der Waals surface area contributed by atoms with Gasteiger partial charge in [-0.05, 0) is 44.8 Å². The van der Waals surface area contributed by atoms with Gasteiger partial charge < -0.3 is 14.7 Å². The van der Waals surface area contributed by atoms with Crippen molar-refractivity contribution in [2.45, 2.75) is 13.0 Å². The molecule has 0 aliphatic carbocycles. The van der Waals surface area contributed by atoms with Gasteiger partial charge in [-0.2, -0.15) is 0 Å². The lowest BCUT2D eigenvalue weighted by molar-refractivity contribution is -0.131. The third-order valence-corrected chi connectivity index (χ3v) is 2.26. The minimum atomic E-state index is -0.949. The number of ether oxygens (including phenoxy) is 1. The molecule has 18 heavy (non-hydrogen) atoms. The maximum Gasteiger partial charge on any atom is 0.328 e. The number of likely N-dealkylation sites (N-methyl/N-ethyl adjacent to an activating group) is 1. The van der Waals surface area contributed by atoms with Gasteiger partial charge in [-0.15, -0.1) is 0 Å². The number of carbonyl (C=O) groups is 1. The first-order chi connectivity index (χ1) is 8.47. The molecule has 98 valence electrons. The van der Waals surface area contributed by atoms with Crippen molar-refractivity contribution in [2.75, 3.05) is 20.6 Å². The zero-order chi connectivity index (χ0) is 13.5. The van der Waals surface area contributed by atoms with Gasteiger partial charge in [0.05, 0.1) is 0 Å². The van der Waals surface area contributed by atoms with Crippen molar-refractivity contribution in [3.63, 3.8) is 0 Å². The number of hydrogen-bond donors (Lipinski definition) is 1. The third-order valence-electron chi connectivity index (χ3n) is 2.26. The van der Waals surface area contributed by atoms with Gasteiger partial charge in [0.1, 0.15) is 11.9 Å². The summed E-state index contributed by atoms with van der Waals surface area (Å²) in [4.78, 5) is 12.4. The van der Waals surface area contributed by atoms with Gasteiger partial charge in [0.25, 0.3) is 0 Å². The molecule has 0 heterocycles. The van der Waals surface area contributed by atoms with E-state index < -0.39 is 5.97 Å². The van der Waals surface area contributed by atoms with E-state index in [1.54, 1.807) is 6.08 Å². The fourth-order valence-corrected chi connectivity index (χ4v) is 1.61. The largest absolute Gasteiger partial charge is 0.489 e. The average Bonchev–Trinajstić information content (AvgIpc) is 2.26. The molecule has 0 aromatic heterocycles. The molecule has 0 radical (unpaired) electrons. The summed E-state index contributed by atoms with van der Waals surface area (Å²) in [6, 6.07) is 7.34. The highest BCUT2D eigenvalue weighted by atomic mass is 16.5. The van der Waals surface area contributed by atoms with Crippen molar-refractivity contribution >= 4 is 12.0 Å². The number of hydrogen-bond acceptors (Lipinski definition) is 3. The molecule has 1 aromatic rings. The van der Waals surface area contributed by atoms with E-state index in [4.69, 9.17) is 9.84 Å². The Bertz CT molecular complexity index is 410. The highest BCUT2D eigenvalue weighted by Crippen LogP contribution is 2.15. The van der Waals surface area contributed by atoms with Crippen LogP contribution in [-0.4, -0.2) is 42.7 Å². The second kappa shape index (κ2) is 6.81. The smallest absolute Gasteiger partial charge is 0.328 e. The van der Waals surface area contributed by atoms with E-state index in [0.29, 0.717) is 0 Å². The van der Waals surface area contributed by atoms with Gasteiger partial charge in [-0.25, -0.2) is 4.79 Å². The Balaban J connectivity index is 2.57. The van der Waals surface area contributed by atoms with Crippen molar-refractivity contribution in [3.8, 4) is 5.75 Å². The van der Waals surface area contributed by atoms with Crippen LogP contribution in [0.3, 0.4) is 0 Å². The first-order valence-corrected chi connectivity index (χ1v) is 5.80. The van der Waals surface area contributed by atoms with E-state index >= 15 is 0 Å². The molecule has 1 unspecified atom stereocenters. The maximum atomic E-state index is 10.4. The third kappa shape index (κ3) is 5.50. The minimum absolute atomic E-state index is 0.111. The monoisotopic (exact) mass is 249 g/mol. The Morgan fingerprint density at radius 2 is 2.00 bits per heavy atom. The number of nitrogens with zero attached hydrogens (tertiary/aromatic N) is 1. The molecule has 4 nitrogen and oxygen atoms in total. The highest BCUT2D eigenvalue weighted by Gasteiger charge is 2.04. The molecule has 0 aliphatic rings. The SMILES string of the molecule is CC(CN(C)C)Oc1ccc(C=CC(=O)O)cc1. The van der Waals surface area contributed by atoms with Gasteiger partial charge in [0, 0.05) is 12.6 Å². The number of rotatable bonds is 6. The van der Waals surface area contributed by atoms with Crippen molar-refractivity contribution in [2.24, 2.45) is 0 Å². The molecule has 0 bridgehead atoms. The van der Waals surface area contributed by atoms with Crippen LogP contribution in [0.25, 0.3) is 6.08 Å². The van der Waals surface area contributed by atoms with Crippen LogP contribution < -0.4 is 4.74 Å². The number of aliphatic carboxylic acids is 1. The molecule has 0 saturated heterocycles. The quantitative estimate of drug-likeness (QED) is 0.784. The first kappa shape index (κ1) is 14.3. The number of carboxylic acids is 1. The standard InChI is InChI=1S/C14H19NO3/c1-11(10-15(2)3)18-13-7-4-12(5-8-13)6-9-14(16)17/h4-9,11H,10H2,1-3H3,(H,16,17). The van der Waals surface area contributed by atoms with E-state index in [-0.39, 0.29) is 6.10 Å². The van der Waals surface area contributed by atoms with Crippen LogP contribution in [0.4, 0.5) is 0 Å². The summed E-state index contributed by atoms with van der Waals surface area (Å²) in [5, 5.41) is 8.52. The summed E-state index contributed by atoms with van der Waals surface area (Å²) in [6.07, 6.45) is 2.78. The van der Waals surface area contributed by atoms with Crippen LogP contribution in [0.15, 0.2) is 30.3 Å². The zero-order valence-electron chi connectivity index (χ0n) is 11.0. The predicted octanol–water partition coefficient (Wildman–Crippen LogP) is 2.11. The molecule has 1 aromatic carbocycles. The van der Waals surface area contributed by atoms with Crippen LogP contribution in [0, 0.1) is 0 Å². The molecular formula is C14H19NO3. The lowest BCUT2D eigenvalue weighted by Gasteiger charge is -2.18. The van der Waals surface area contributed by atoms with Gasteiger partial charge in [0.15, 0.2) is 0 Å². The van der Waals surface area contributed by atoms with Crippen LogP contribution >= 0.6 is 0 Å². The van der Waals surface area contributed by atoms with E-state index in [0.717, 1.165) is 23.9 Å². The van der Waals surface area contributed by atoms with Crippen molar-refractivity contribution in [1.29, 1.82) is 0 Å². The van der Waals surface area contributed by atoms with E-state index in [1.165, 1.54) is 0 Å². The Kier molecular flexibility index (Phi) is 5.39. The van der Waals surface area contributed by atoms with E-state index in [1.807, 2.05) is 45.3 Å². The Labute approximate surface area is 107 Å². The van der Waals surface area contributed by atoms with Crippen LogP contribution in [0.2, 0.25) is 0 Å². The Morgan fingerprint density at radius 1 is 1.39 bits per heavy atom. The summed E-state index contributed by atoms with van der Waals surface area (Å²) >= 11 is 0. The summed E-state index contributed by atoms with van der Waals surface area (Å²) < 4.78 is 5.72. The summed E-state index contributed by atoms with van der Waals surface area (Å²) in [5.74, 6) is -0.160. The van der Waals surface area contributed by atoms with Gasteiger partial charge in [-0.3, -0.25) is 0 Å². The molecule has 0 spiro atoms. The van der Waals surface area contributed by atoms with E-state index in [9.17, 15) is 4.79 Å². The predicted molar refractivity (Wildman–Crippen MR) is 71.8 cm³/mol. The van der Waals surface area contributed by atoms with Crippen LogP contribution in [0.1, 0.15) is 12.5 Å². The van der Waals surface area contributed by atoms with E-state index in [2.05, 4.69) is 4.90 Å². The summed E-state index contributed by atoms with van der Waals surface area (Å²) in [7, 11) is 4.00. The molecule has 4 heteroatoms. The normalized spacial score (nSPS) is 12.9. The molecule has 1 atom stereocenters. The topological polar surface area (TPSA) is 49.8 Å². The molecule has 1 rings (SSSR count). The molecule has 0 amide bonds. The lowest BCUT2D eigenvalue weighted by atomic mass is 10.2. The van der Waals surface area contributed by atoms with Gasteiger partial charge in [-0.1, -0.05) is 12.1 Å².